The highest BCUT2D eigenvalue weighted by molar-refractivity contribution is 7.89. The van der Waals surface area contributed by atoms with Gasteiger partial charge >= 0.3 is 16.2 Å². The van der Waals surface area contributed by atoms with E-state index in [1.807, 2.05) is 0 Å². The number of alkyl carbamates (subject to hydrolysis) is 1. The van der Waals surface area contributed by atoms with Crippen molar-refractivity contribution in [1.29, 1.82) is 0 Å². The number of carbonyl (C=O) groups is 1. The Kier molecular flexibility index (Phi) is 12.3. The summed E-state index contributed by atoms with van der Waals surface area (Å²) < 4.78 is 76.0. The molecule has 2 heterocycles. The Morgan fingerprint density at radius 3 is 2.06 bits per heavy atom. The van der Waals surface area contributed by atoms with Crippen LogP contribution in [0, 0.1) is 32.1 Å². The van der Waals surface area contributed by atoms with Crippen LogP contribution in [0.1, 0.15) is 25.8 Å². The molecule has 2 saturated heterocycles. The van der Waals surface area contributed by atoms with Gasteiger partial charge in [-0.3, -0.25) is 20.2 Å². The second kappa shape index (κ2) is 16.5. The molecule has 2 aliphatic rings. The number of ether oxygens (including phenoxy) is 3. The number of sulfonamides is 1. The van der Waals surface area contributed by atoms with Gasteiger partial charge in [0.25, 0.3) is 11.4 Å². The van der Waals surface area contributed by atoms with Crippen LogP contribution in [0.3, 0.4) is 0 Å². The summed E-state index contributed by atoms with van der Waals surface area (Å²) in [6.07, 6.45) is -2.97. The lowest BCUT2D eigenvalue weighted by Crippen LogP contribution is -2.51. The minimum atomic E-state index is -4.36. The molecule has 1 amide bonds. The maximum absolute atomic E-state index is 13.7. The number of amides is 1. The summed E-state index contributed by atoms with van der Waals surface area (Å²) in [7, 11) is -8.64. The van der Waals surface area contributed by atoms with E-state index in [1.54, 1.807) is 13.8 Å². The molecule has 286 valence electrons. The number of nitrogens with zero attached hydrogens (tertiary/aromatic N) is 3. The first-order chi connectivity index (χ1) is 25.0. The van der Waals surface area contributed by atoms with Gasteiger partial charge in [0.1, 0.15) is 16.7 Å². The third-order valence-corrected chi connectivity index (χ3v) is 11.7. The number of non-ortho nitro benzene ring substituents is 2. The van der Waals surface area contributed by atoms with Gasteiger partial charge in [0, 0.05) is 37.4 Å². The normalized spacial score (nSPS) is 19.8. The third-order valence-electron chi connectivity index (χ3n) is 8.58. The quantitative estimate of drug-likeness (QED) is 0.120. The van der Waals surface area contributed by atoms with Crippen LogP contribution >= 0.6 is 0 Å². The average Bonchev–Trinajstić information content (AvgIpc) is 3.73. The molecule has 0 bridgehead atoms. The molecule has 3 aromatic carbocycles. The first-order valence-electron chi connectivity index (χ1n) is 16.4. The Labute approximate surface area is 305 Å². The molecular formula is C33H38N4O14S2. The molecule has 0 saturated carbocycles. The van der Waals surface area contributed by atoms with Gasteiger partial charge in [0.2, 0.25) is 10.0 Å². The van der Waals surface area contributed by atoms with Crippen LogP contribution in [0.25, 0.3) is 0 Å². The predicted molar refractivity (Wildman–Crippen MR) is 185 cm³/mol. The molecule has 2 N–H and O–H groups in total. The molecule has 0 aromatic heterocycles. The highest BCUT2D eigenvalue weighted by Gasteiger charge is 2.44. The summed E-state index contributed by atoms with van der Waals surface area (Å²) >= 11 is 0. The summed E-state index contributed by atoms with van der Waals surface area (Å²) in [6, 6.07) is 13.0. The van der Waals surface area contributed by atoms with E-state index < -0.39 is 67.2 Å². The van der Waals surface area contributed by atoms with Crippen molar-refractivity contribution in [3.05, 3.63) is 98.6 Å². The van der Waals surface area contributed by atoms with Gasteiger partial charge in [-0.25, -0.2) is 13.2 Å². The highest BCUT2D eigenvalue weighted by Crippen LogP contribution is 2.33. The third kappa shape index (κ3) is 9.83. The van der Waals surface area contributed by atoms with Crippen LogP contribution in [-0.2, 0) is 40.8 Å². The minimum absolute atomic E-state index is 0.0364. The number of fused-ring (bicyclic) bond motifs is 1. The molecule has 0 radical (unpaired) electrons. The van der Waals surface area contributed by atoms with E-state index in [0.717, 1.165) is 52.8 Å². The molecule has 2 aliphatic heterocycles. The summed E-state index contributed by atoms with van der Waals surface area (Å²) in [5.74, 6) is -0.471. The zero-order valence-corrected chi connectivity index (χ0v) is 30.2. The highest BCUT2D eigenvalue weighted by atomic mass is 32.2. The molecular weight excluding hydrogens is 741 g/mol. The van der Waals surface area contributed by atoms with E-state index in [9.17, 15) is 47.0 Å². The number of nitrogens with one attached hydrogen (secondary N) is 1. The predicted octanol–water partition coefficient (Wildman–Crippen LogP) is 3.38. The number of rotatable bonds is 16. The molecule has 5 unspecified atom stereocenters. The van der Waals surface area contributed by atoms with Crippen LogP contribution < -0.4 is 9.50 Å². The molecule has 2 fully saturated rings. The van der Waals surface area contributed by atoms with Crippen molar-refractivity contribution in [2.75, 3.05) is 26.3 Å². The zero-order chi connectivity index (χ0) is 38.5. The number of nitro groups is 2. The van der Waals surface area contributed by atoms with Gasteiger partial charge in [-0.05, 0) is 60.7 Å². The standard InChI is InChI=1S/C33H38N4O14S2/c1-21(2)18-35(52(44,45)26-11-5-23(6-12-26)36(40)41)19-30(38)29(34-33(39)50-31-20-49-32-28(31)15-16-48-32)17-22-3-9-25(10-4-22)51-53(46,47)27-13-7-24(8-14-27)37(42)43/h3-14,21,28-32,38H,15-20H2,1-2H3,(H,34,39). The summed E-state index contributed by atoms with van der Waals surface area (Å²) in [5.41, 5.74) is -0.116. The van der Waals surface area contributed by atoms with Crippen molar-refractivity contribution >= 4 is 37.6 Å². The Balaban J connectivity index is 1.35. The lowest BCUT2D eigenvalue weighted by molar-refractivity contribution is -0.385. The number of aliphatic hydroxyl groups is 1. The average molecular weight is 779 g/mol. The number of benzene rings is 3. The van der Waals surface area contributed by atoms with Crippen molar-refractivity contribution < 1.29 is 55.0 Å². The first kappa shape index (κ1) is 39.5. The van der Waals surface area contributed by atoms with E-state index >= 15 is 0 Å². The Morgan fingerprint density at radius 1 is 0.906 bits per heavy atom. The van der Waals surface area contributed by atoms with Gasteiger partial charge in [-0.2, -0.15) is 12.7 Å². The van der Waals surface area contributed by atoms with Crippen LogP contribution in [0.5, 0.6) is 5.75 Å². The van der Waals surface area contributed by atoms with Crippen molar-refractivity contribution in [3.8, 4) is 5.75 Å². The number of aliphatic hydroxyl groups excluding tert-OH is 1. The lowest BCUT2D eigenvalue weighted by atomic mass is 10.0. The number of hydrogen-bond donors (Lipinski definition) is 2. The van der Waals surface area contributed by atoms with Gasteiger partial charge < -0.3 is 28.8 Å². The van der Waals surface area contributed by atoms with Crippen LogP contribution in [0.15, 0.2) is 82.6 Å². The molecule has 53 heavy (non-hydrogen) atoms. The monoisotopic (exact) mass is 778 g/mol. The fourth-order valence-electron chi connectivity index (χ4n) is 5.90. The molecule has 5 rings (SSSR count). The fourth-order valence-corrected chi connectivity index (χ4v) is 8.45. The van der Waals surface area contributed by atoms with Gasteiger partial charge in [0.15, 0.2) is 6.29 Å². The molecule has 18 nitrogen and oxygen atoms in total. The smallest absolute Gasteiger partial charge is 0.407 e. The molecule has 3 aromatic rings. The van der Waals surface area contributed by atoms with E-state index in [-0.39, 0.29) is 58.3 Å². The molecule has 0 aliphatic carbocycles. The van der Waals surface area contributed by atoms with Crippen LogP contribution in [0.4, 0.5) is 16.2 Å². The van der Waals surface area contributed by atoms with Gasteiger partial charge in [-0.1, -0.05) is 26.0 Å². The van der Waals surface area contributed by atoms with Crippen molar-refractivity contribution in [3.63, 3.8) is 0 Å². The number of hydrogen-bond acceptors (Lipinski definition) is 14. The topological polar surface area (TPSA) is 244 Å². The molecule has 0 spiro atoms. The SMILES string of the molecule is CC(C)CN(CC(O)C(Cc1ccc(OS(=O)(=O)c2ccc([N+](=O)[O-])cc2)cc1)NC(=O)OC1COC2OCCC12)S(=O)(=O)c1ccc([N+](=O)[O-])cc1. The lowest BCUT2D eigenvalue weighted by Gasteiger charge is -2.31. The maximum atomic E-state index is 13.7. The molecule has 5 atom stereocenters. The summed E-state index contributed by atoms with van der Waals surface area (Å²) in [5, 5.41) is 36.3. The van der Waals surface area contributed by atoms with Crippen molar-refractivity contribution in [1.82, 2.24) is 9.62 Å². The number of carbonyl (C=O) groups excluding carboxylic acids is 1. The fraction of sp³-hybridized carbons (Fsp3) is 0.424. The Morgan fingerprint density at radius 2 is 1.49 bits per heavy atom. The van der Waals surface area contributed by atoms with E-state index in [0.29, 0.717) is 18.6 Å². The second-order valence-corrected chi connectivity index (χ2v) is 16.4. The summed E-state index contributed by atoms with van der Waals surface area (Å²) in [4.78, 5) is 33.4. The number of nitro benzene ring substituents is 2. The maximum Gasteiger partial charge on any atom is 0.407 e. The van der Waals surface area contributed by atoms with E-state index in [2.05, 4.69) is 5.32 Å². The van der Waals surface area contributed by atoms with Gasteiger partial charge in [0.05, 0.1) is 46.0 Å². The molecule has 20 heteroatoms. The van der Waals surface area contributed by atoms with Crippen LogP contribution in [-0.4, -0.2) is 93.0 Å². The van der Waals surface area contributed by atoms with Crippen molar-refractivity contribution in [2.45, 2.75) is 61.0 Å². The Bertz CT molecular complexity index is 1990. The first-order valence-corrected chi connectivity index (χ1v) is 19.3. The minimum Gasteiger partial charge on any atom is -0.443 e. The van der Waals surface area contributed by atoms with Gasteiger partial charge in [-0.15, -0.1) is 0 Å². The summed E-state index contributed by atoms with van der Waals surface area (Å²) in [6.45, 7) is 3.57. The second-order valence-electron chi connectivity index (χ2n) is 12.9. The van der Waals surface area contributed by atoms with E-state index in [4.69, 9.17) is 18.4 Å². The van der Waals surface area contributed by atoms with E-state index in [1.165, 1.54) is 24.3 Å². The largest absolute Gasteiger partial charge is 0.443 e. The van der Waals surface area contributed by atoms with Crippen LogP contribution in [0.2, 0.25) is 0 Å². The zero-order valence-electron chi connectivity index (χ0n) is 28.5. The Hall–Kier alpha value is -4.73. The van der Waals surface area contributed by atoms with Crippen molar-refractivity contribution in [2.24, 2.45) is 11.8 Å².